The minimum atomic E-state index is -0.177. The number of nitriles is 1. The number of rotatable bonds is 12. The van der Waals surface area contributed by atoms with Gasteiger partial charge < -0.3 is 14.7 Å². The summed E-state index contributed by atoms with van der Waals surface area (Å²) in [5.74, 6) is 1.58. The smallest absolute Gasteiger partial charge is 0.0818 e. The van der Waals surface area contributed by atoms with Gasteiger partial charge >= 0.3 is 0 Å². The first-order valence-electron chi connectivity index (χ1n) is 31.6. The predicted octanol–water partition coefficient (Wildman–Crippen LogP) is 15.6. The van der Waals surface area contributed by atoms with E-state index in [0.29, 0.717) is 29.8 Å². The SMILES string of the molecule is CCCCC(C)(CCCC)C1NC(C2=CCCCC2)NC(C2CC(C#N)C(N3C4=C(C=C5C(C4)C4CCC=CC4N5C4=CCCC=C4)C4C=CC=CC43)C=C2N2C3=C(C=C(C(C)(C)C)CC3)C3C=C(C(C)(C)C)CCC32)N1. The van der Waals surface area contributed by atoms with Gasteiger partial charge in [0.25, 0.3) is 0 Å². The summed E-state index contributed by atoms with van der Waals surface area (Å²) in [7, 11) is 0. The third-order valence-corrected chi connectivity index (χ3v) is 21.5. The number of allylic oxidation sites excluding steroid dienone is 14. The lowest BCUT2D eigenvalue weighted by Gasteiger charge is -2.53. The Hall–Kier alpha value is -4.35. The van der Waals surface area contributed by atoms with Gasteiger partial charge in [0, 0.05) is 58.2 Å². The fraction of sp³-hybridized carbons (Fsp3) is 0.643. The van der Waals surface area contributed by atoms with Gasteiger partial charge in [-0.1, -0.05) is 166 Å². The summed E-state index contributed by atoms with van der Waals surface area (Å²) in [6.07, 6.45) is 58.8. The molecule has 8 aliphatic carbocycles. The summed E-state index contributed by atoms with van der Waals surface area (Å²) in [5.41, 5.74) is 15.7. The molecule has 4 heterocycles. The highest BCUT2D eigenvalue weighted by atomic mass is 15.4. The molecule has 0 aromatic rings. The molecule has 0 aromatic heterocycles. The van der Waals surface area contributed by atoms with Crippen LogP contribution in [0.5, 0.6) is 0 Å². The minimum absolute atomic E-state index is 0.000898. The minimum Gasteiger partial charge on any atom is -0.359 e. The van der Waals surface area contributed by atoms with Crippen LogP contribution in [-0.2, 0) is 0 Å². The van der Waals surface area contributed by atoms with E-state index in [1.54, 1.807) is 28.0 Å². The summed E-state index contributed by atoms with van der Waals surface area (Å²) in [5, 5.41) is 25.1. The molecule has 0 aromatic carbocycles. The lowest BCUT2D eigenvalue weighted by molar-refractivity contribution is 0.0523. The Morgan fingerprint density at radius 2 is 1.45 bits per heavy atom. The van der Waals surface area contributed by atoms with E-state index in [1.807, 2.05) is 0 Å². The number of unbranched alkanes of at least 4 members (excludes halogenated alkanes) is 2. The monoisotopic (exact) mass is 1040 g/mol. The second kappa shape index (κ2) is 21.3. The third kappa shape index (κ3) is 9.66. The van der Waals surface area contributed by atoms with Crippen LogP contribution in [-0.4, -0.2) is 57.4 Å². The normalized spacial score (nSPS) is 35.7. The Labute approximate surface area is 466 Å². The highest BCUT2D eigenvalue weighted by Crippen LogP contribution is 2.58. The first-order chi connectivity index (χ1) is 37.2. The maximum Gasteiger partial charge on any atom is 0.0818 e. The molecule has 0 spiro atoms. The predicted molar refractivity (Wildman–Crippen MR) is 318 cm³/mol. The molecule has 13 atom stereocenters. The van der Waals surface area contributed by atoms with Crippen LogP contribution < -0.4 is 16.0 Å². The number of hydrogen-bond acceptors (Lipinski definition) is 7. The van der Waals surface area contributed by atoms with Gasteiger partial charge in [-0.3, -0.25) is 16.0 Å². The molecular formula is C70H97N7. The number of nitrogens with one attached hydrogen (secondary N) is 3. The highest BCUT2D eigenvalue weighted by molar-refractivity contribution is 5.52. The van der Waals surface area contributed by atoms with Crippen molar-refractivity contribution in [2.75, 3.05) is 0 Å². The average molecular weight is 1040 g/mol. The quantitative estimate of drug-likeness (QED) is 0.168. The second-order valence-electron chi connectivity index (χ2n) is 28.3. The zero-order valence-corrected chi connectivity index (χ0v) is 49.0. The Bertz CT molecular complexity index is 2710. The Morgan fingerprint density at radius 1 is 0.662 bits per heavy atom. The van der Waals surface area contributed by atoms with Gasteiger partial charge in [0.15, 0.2) is 0 Å². The van der Waals surface area contributed by atoms with E-state index >= 15 is 0 Å². The van der Waals surface area contributed by atoms with E-state index in [2.05, 4.69) is 184 Å². The van der Waals surface area contributed by atoms with Crippen LogP contribution in [0.4, 0.5) is 0 Å². The molecule has 12 aliphatic rings. The van der Waals surface area contributed by atoms with Crippen LogP contribution in [0.15, 0.2) is 141 Å². The van der Waals surface area contributed by atoms with Crippen LogP contribution in [0.25, 0.3) is 0 Å². The lowest BCUT2D eigenvalue weighted by atomic mass is 9.72. The topological polar surface area (TPSA) is 69.6 Å². The molecule has 12 rings (SSSR count). The van der Waals surface area contributed by atoms with Crippen molar-refractivity contribution in [1.29, 1.82) is 5.26 Å². The zero-order chi connectivity index (χ0) is 53.4. The Kier molecular flexibility index (Phi) is 14.7. The van der Waals surface area contributed by atoms with E-state index in [4.69, 9.17) is 0 Å². The van der Waals surface area contributed by atoms with Crippen molar-refractivity contribution in [2.45, 2.75) is 233 Å². The van der Waals surface area contributed by atoms with Gasteiger partial charge in [0.2, 0.25) is 0 Å². The Morgan fingerprint density at radius 3 is 2.18 bits per heavy atom. The number of likely N-dealkylation sites (tertiary alicyclic amines) is 1. The lowest BCUT2D eigenvalue weighted by Crippen LogP contribution is -2.73. The molecule has 412 valence electrons. The number of hydrogen-bond donors (Lipinski definition) is 3. The third-order valence-electron chi connectivity index (χ3n) is 21.5. The largest absolute Gasteiger partial charge is 0.359 e. The molecule has 2 fully saturated rings. The maximum absolute atomic E-state index is 12.0. The van der Waals surface area contributed by atoms with Crippen LogP contribution in [0.3, 0.4) is 0 Å². The van der Waals surface area contributed by atoms with Gasteiger partial charge in [-0.15, -0.1) is 0 Å². The number of nitrogens with zero attached hydrogens (tertiary/aromatic N) is 4. The summed E-state index contributed by atoms with van der Waals surface area (Å²) in [4.78, 5) is 8.60. The Balaban J connectivity index is 1.02. The number of fused-ring (bicyclic) bond motifs is 7. The van der Waals surface area contributed by atoms with E-state index < -0.39 is 0 Å². The fourth-order valence-electron chi connectivity index (χ4n) is 17.1. The van der Waals surface area contributed by atoms with E-state index in [-0.39, 0.29) is 64.6 Å². The fourth-order valence-corrected chi connectivity index (χ4v) is 17.1. The van der Waals surface area contributed by atoms with Crippen molar-refractivity contribution in [1.82, 2.24) is 30.7 Å². The molecule has 0 bridgehead atoms. The molecule has 3 N–H and O–H groups in total. The van der Waals surface area contributed by atoms with Crippen molar-refractivity contribution in [3.05, 3.63) is 141 Å². The van der Waals surface area contributed by atoms with Crippen molar-refractivity contribution >= 4 is 0 Å². The molecule has 0 saturated carbocycles. The van der Waals surface area contributed by atoms with Crippen molar-refractivity contribution in [3.8, 4) is 6.07 Å². The first-order valence-corrected chi connectivity index (χ1v) is 31.6. The van der Waals surface area contributed by atoms with E-state index in [9.17, 15) is 5.26 Å². The molecule has 0 amide bonds. The molecule has 2 saturated heterocycles. The van der Waals surface area contributed by atoms with Gasteiger partial charge in [-0.2, -0.15) is 5.26 Å². The molecule has 7 nitrogen and oxygen atoms in total. The van der Waals surface area contributed by atoms with Crippen LogP contribution in [0.2, 0.25) is 0 Å². The summed E-state index contributed by atoms with van der Waals surface area (Å²) >= 11 is 0. The molecule has 7 heteroatoms. The van der Waals surface area contributed by atoms with Crippen molar-refractivity contribution < 1.29 is 0 Å². The van der Waals surface area contributed by atoms with Crippen LogP contribution in [0.1, 0.15) is 191 Å². The maximum atomic E-state index is 12.0. The van der Waals surface area contributed by atoms with E-state index in [0.717, 1.165) is 70.6 Å². The average Bonchev–Trinajstić information content (AvgIpc) is 4.31. The summed E-state index contributed by atoms with van der Waals surface area (Å²) in [6, 6.07) is 4.03. The van der Waals surface area contributed by atoms with Gasteiger partial charge in [-0.25, -0.2) is 0 Å². The molecule has 13 unspecified atom stereocenters. The molecule has 4 aliphatic heterocycles. The van der Waals surface area contributed by atoms with Crippen LogP contribution in [0, 0.1) is 63.1 Å². The standard InChI is InChI=1S/C70H97N7/c1-10-12-36-70(9,37-13-11-2)67-73-65(45-24-16-14-17-25-45)72-66(74-67)56-38-46(44-71)61(43-64(56)76-59-34-32-47(68(3,4)5)39-52(59)53-40-48(69(6,7)8)33-35-60(53)76)77-58-31-23-21-29-51(58)55-41-62-54(42-63(55)77)50-28-20-22-30-57(50)75(62)49-26-18-15-19-27-49/h18,21-24,26-27,29-31,39-41,43,46,50-52,54,56-59,61,65-67,72-74H,10-17,19-20,25,28,32-38,42H2,1-9H3. The molecular weight excluding hydrogens is 939 g/mol. The zero-order valence-electron chi connectivity index (χ0n) is 49.0. The van der Waals surface area contributed by atoms with Crippen molar-refractivity contribution in [2.24, 2.45) is 51.8 Å². The van der Waals surface area contributed by atoms with Crippen molar-refractivity contribution in [3.63, 3.8) is 0 Å². The van der Waals surface area contributed by atoms with E-state index in [1.165, 1.54) is 86.1 Å². The molecule has 77 heavy (non-hydrogen) atoms. The molecule has 0 radical (unpaired) electrons. The summed E-state index contributed by atoms with van der Waals surface area (Å²) in [6.45, 7) is 21.9. The van der Waals surface area contributed by atoms with Gasteiger partial charge in [0.1, 0.15) is 0 Å². The van der Waals surface area contributed by atoms with Gasteiger partial charge in [0.05, 0.1) is 48.6 Å². The first kappa shape index (κ1) is 53.3. The van der Waals surface area contributed by atoms with Crippen LogP contribution >= 0.6 is 0 Å². The summed E-state index contributed by atoms with van der Waals surface area (Å²) < 4.78 is 0. The second-order valence-corrected chi connectivity index (χ2v) is 28.3. The van der Waals surface area contributed by atoms with Gasteiger partial charge in [-0.05, 0) is 160 Å². The highest BCUT2D eigenvalue weighted by Gasteiger charge is 2.56.